The second-order valence-electron chi connectivity index (χ2n) is 9.63. The number of aromatic nitrogens is 2. The molecule has 6 rings (SSSR count). The predicted molar refractivity (Wildman–Crippen MR) is 135 cm³/mol. The highest BCUT2D eigenvalue weighted by Gasteiger charge is 2.32. The van der Waals surface area contributed by atoms with Crippen LogP contribution in [0.3, 0.4) is 0 Å². The van der Waals surface area contributed by atoms with Crippen molar-refractivity contribution in [1.82, 2.24) is 14.9 Å². The number of likely N-dealkylation sites (tertiary alicyclic amines) is 1. The zero-order chi connectivity index (χ0) is 23.8. The molecule has 0 radical (unpaired) electrons. The molecule has 0 atom stereocenters. The van der Waals surface area contributed by atoms with Crippen molar-refractivity contribution in [3.63, 3.8) is 0 Å². The first-order chi connectivity index (χ1) is 17.2. The van der Waals surface area contributed by atoms with Crippen molar-refractivity contribution in [3.8, 4) is 0 Å². The highest BCUT2D eigenvalue weighted by atomic mass is 16.3. The Morgan fingerprint density at radius 2 is 1.86 bits per heavy atom. The zero-order valence-corrected chi connectivity index (χ0v) is 19.5. The summed E-state index contributed by atoms with van der Waals surface area (Å²) in [4.78, 5) is 36.6. The van der Waals surface area contributed by atoms with E-state index in [1.165, 1.54) is 25.9 Å². The summed E-state index contributed by atoms with van der Waals surface area (Å²) in [7, 11) is 0. The van der Waals surface area contributed by atoms with Crippen LogP contribution in [0.1, 0.15) is 49.1 Å². The van der Waals surface area contributed by atoms with Crippen LogP contribution < -0.4 is 10.6 Å². The lowest BCUT2D eigenvalue weighted by atomic mass is 9.85. The number of benzene rings is 1. The third-order valence-electron chi connectivity index (χ3n) is 7.44. The number of amides is 2. The van der Waals surface area contributed by atoms with Crippen molar-refractivity contribution >= 4 is 45.2 Å². The largest absolute Gasteiger partial charge is 0.447 e. The molecular weight excluding hydrogens is 442 g/mol. The molecule has 8 heteroatoms. The Kier molecular flexibility index (Phi) is 5.74. The Hall–Kier alpha value is -3.65. The van der Waals surface area contributed by atoms with Gasteiger partial charge in [-0.05, 0) is 87.3 Å². The molecule has 1 aliphatic heterocycles. The number of carbonyl (C=O) groups excluding carboxylic acids is 2. The van der Waals surface area contributed by atoms with Crippen molar-refractivity contribution in [2.75, 3.05) is 23.7 Å². The van der Waals surface area contributed by atoms with Gasteiger partial charge in [0, 0.05) is 35.6 Å². The van der Waals surface area contributed by atoms with Crippen LogP contribution in [0.5, 0.6) is 0 Å². The molecular formula is C27H29N5O3. The number of carbonyl (C=O) groups is 2. The fraction of sp³-hybridized carbons (Fsp3) is 0.370. The summed E-state index contributed by atoms with van der Waals surface area (Å²) in [6, 6.07) is 11.7. The second-order valence-corrected chi connectivity index (χ2v) is 9.63. The second kappa shape index (κ2) is 9.19. The average Bonchev–Trinajstić information content (AvgIpc) is 3.64. The van der Waals surface area contributed by atoms with E-state index in [4.69, 9.17) is 4.42 Å². The molecule has 3 N–H and O–H groups in total. The zero-order valence-electron chi connectivity index (χ0n) is 19.5. The van der Waals surface area contributed by atoms with Gasteiger partial charge in [-0.15, -0.1) is 0 Å². The minimum Gasteiger partial charge on any atom is -0.447 e. The molecule has 1 saturated heterocycles. The van der Waals surface area contributed by atoms with E-state index in [0.717, 1.165) is 36.6 Å². The van der Waals surface area contributed by atoms with E-state index in [-0.39, 0.29) is 17.6 Å². The first kappa shape index (κ1) is 21.9. The number of furan rings is 1. The third kappa shape index (κ3) is 4.30. The van der Waals surface area contributed by atoms with Gasteiger partial charge in [-0.25, -0.2) is 0 Å². The third-order valence-corrected chi connectivity index (χ3v) is 7.44. The molecule has 0 spiro atoms. The molecule has 180 valence electrons. The summed E-state index contributed by atoms with van der Waals surface area (Å²) in [5.74, 6) is -0.514. The van der Waals surface area contributed by atoms with Crippen molar-refractivity contribution < 1.29 is 14.0 Å². The maximum Gasteiger partial charge on any atom is 0.293 e. The van der Waals surface area contributed by atoms with Gasteiger partial charge < -0.3 is 24.9 Å². The highest BCUT2D eigenvalue weighted by molar-refractivity contribution is 6.14. The van der Waals surface area contributed by atoms with Crippen LogP contribution in [0.25, 0.3) is 22.0 Å². The predicted octanol–water partition coefficient (Wildman–Crippen LogP) is 5.15. The van der Waals surface area contributed by atoms with Crippen molar-refractivity contribution in [2.24, 2.45) is 5.92 Å². The minimum atomic E-state index is -0.429. The van der Waals surface area contributed by atoms with E-state index in [1.807, 2.05) is 30.5 Å². The van der Waals surface area contributed by atoms with E-state index in [0.29, 0.717) is 28.5 Å². The van der Waals surface area contributed by atoms with Gasteiger partial charge in [-0.2, -0.15) is 0 Å². The van der Waals surface area contributed by atoms with Gasteiger partial charge in [0.25, 0.3) is 5.91 Å². The lowest BCUT2D eigenvalue weighted by Crippen LogP contribution is -2.38. The standard InChI is InChI=1S/C27H29N5O3/c33-26(18-6-9-20(10-7-18)32-14-1-2-15-32)31-24-23-22(4-3-12-29-23)35-25(24)27(34)30-19-8-5-17-11-13-28-21(17)16-19/h3-5,8,11-13,16,18,20,28H,1-2,6-7,9-10,14-15H2,(H,30,34)(H,31,33)/t18-,20-. The van der Waals surface area contributed by atoms with Crippen LogP contribution in [0.2, 0.25) is 0 Å². The molecule has 0 unspecified atom stereocenters. The topological polar surface area (TPSA) is 103 Å². The highest BCUT2D eigenvalue weighted by Crippen LogP contribution is 2.34. The fourth-order valence-corrected chi connectivity index (χ4v) is 5.55. The van der Waals surface area contributed by atoms with E-state index in [2.05, 4.69) is 25.5 Å². The molecule has 8 nitrogen and oxygen atoms in total. The van der Waals surface area contributed by atoms with Gasteiger partial charge in [0.2, 0.25) is 11.7 Å². The Labute approximate surface area is 203 Å². The average molecular weight is 472 g/mol. The normalized spacial score (nSPS) is 20.9. The van der Waals surface area contributed by atoms with Crippen LogP contribution in [-0.2, 0) is 4.79 Å². The number of hydrogen-bond donors (Lipinski definition) is 3. The van der Waals surface area contributed by atoms with E-state index in [1.54, 1.807) is 18.3 Å². The van der Waals surface area contributed by atoms with Gasteiger partial charge in [0.1, 0.15) is 11.2 Å². The van der Waals surface area contributed by atoms with Gasteiger partial charge in [0.05, 0.1) is 0 Å². The fourth-order valence-electron chi connectivity index (χ4n) is 5.55. The number of nitrogens with one attached hydrogen (secondary N) is 3. The molecule has 4 heterocycles. The van der Waals surface area contributed by atoms with Gasteiger partial charge >= 0.3 is 0 Å². The lowest BCUT2D eigenvalue weighted by molar-refractivity contribution is -0.121. The lowest BCUT2D eigenvalue weighted by Gasteiger charge is -2.33. The number of nitrogens with zero attached hydrogens (tertiary/aromatic N) is 2. The van der Waals surface area contributed by atoms with Gasteiger partial charge in [0.15, 0.2) is 5.58 Å². The number of rotatable bonds is 5. The molecule has 2 amide bonds. The number of hydrogen-bond acceptors (Lipinski definition) is 5. The molecule has 1 aromatic carbocycles. The Morgan fingerprint density at radius 3 is 2.69 bits per heavy atom. The minimum absolute atomic E-state index is 0.0596. The monoisotopic (exact) mass is 471 g/mol. The van der Waals surface area contributed by atoms with Crippen molar-refractivity contribution in [1.29, 1.82) is 0 Å². The number of fused-ring (bicyclic) bond motifs is 2. The molecule has 2 aliphatic rings. The molecule has 3 aromatic heterocycles. The molecule has 2 fully saturated rings. The SMILES string of the molecule is O=C(Nc1ccc2cc[nH]c2c1)c1oc2cccnc2c1NC(=O)[C@H]1CC[C@H](N2CCCC2)CC1. The molecule has 1 aliphatic carbocycles. The Balaban J connectivity index is 1.20. The van der Waals surface area contributed by atoms with Crippen LogP contribution in [0, 0.1) is 5.92 Å². The number of pyridine rings is 1. The van der Waals surface area contributed by atoms with E-state index in [9.17, 15) is 9.59 Å². The van der Waals surface area contributed by atoms with Crippen molar-refractivity contribution in [3.05, 3.63) is 54.6 Å². The van der Waals surface area contributed by atoms with Crippen LogP contribution in [0.15, 0.2) is 53.2 Å². The molecule has 1 saturated carbocycles. The number of aromatic amines is 1. The van der Waals surface area contributed by atoms with Crippen LogP contribution in [-0.4, -0.2) is 45.8 Å². The first-order valence-electron chi connectivity index (χ1n) is 12.5. The Morgan fingerprint density at radius 1 is 1.03 bits per heavy atom. The summed E-state index contributed by atoms with van der Waals surface area (Å²) >= 11 is 0. The van der Waals surface area contributed by atoms with Crippen LogP contribution >= 0.6 is 0 Å². The van der Waals surface area contributed by atoms with Crippen molar-refractivity contribution in [2.45, 2.75) is 44.6 Å². The summed E-state index contributed by atoms with van der Waals surface area (Å²) in [6.07, 6.45) is 9.84. The molecule has 0 bridgehead atoms. The maximum absolute atomic E-state index is 13.3. The number of H-pyrrole nitrogens is 1. The Bertz CT molecular complexity index is 1380. The van der Waals surface area contributed by atoms with Gasteiger partial charge in [-0.3, -0.25) is 14.6 Å². The van der Waals surface area contributed by atoms with E-state index >= 15 is 0 Å². The summed E-state index contributed by atoms with van der Waals surface area (Å²) in [5, 5.41) is 6.96. The summed E-state index contributed by atoms with van der Waals surface area (Å²) in [6.45, 7) is 2.37. The molecule has 4 aromatic rings. The number of anilines is 2. The van der Waals surface area contributed by atoms with Crippen LogP contribution in [0.4, 0.5) is 11.4 Å². The quantitative estimate of drug-likeness (QED) is 0.373. The first-order valence-corrected chi connectivity index (χ1v) is 12.5. The summed E-state index contributed by atoms with van der Waals surface area (Å²) < 4.78 is 5.87. The maximum atomic E-state index is 13.3. The molecule has 35 heavy (non-hydrogen) atoms. The van der Waals surface area contributed by atoms with Gasteiger partial charge in [-0.1, -0.05) is 6.07 Å². The smallest absolute Gasteiger partial charge is 0.293 e. The van der Waals surface area contributed by atoms with E-state index < -0.39 is 5.91 Å². The summed E-state index contributed by atoms with van der Waals surface area (Å²) in [5.41, 5.74) is 2.84.